The summed E-state index contributed by atoms with van der Waals surface area (Å²) in [5, 5.41) is 3.06. The third kappa shape index (κ3) is 3.15. The van der Waals surface area contributed by atoms with Gasteiger partial charge in [-0.3, -0.25) is 19.3 Å². The average molecular weight is 320 g/mol. The number of hydrogen-bond donors (Lipinski definition) is 1. The Hall–Kier alpha value is -1.39. The average Bonchev–Trinajstić information content (AvgIpc) is 2.77. The number of likely N-dealkylation sites (tertiary alicyclic amines) is 1. The van der Waals surface area contributed by atoms with Gasteiger partial charge in [0.25, 0.3) is 0 Å². The Labute approximate surface area is 138 Å². The van der Waals surface area contributed by atoms with Crippen LogP contribution in [-0.2, 0) is 14.4 Å². The molecule has 23 heavy (non-hydrogen) atoms. The molecule has 3 amide bonds. The maximum atomic E-state index is 12.4. The van der Waals surface area contributed by atoms with Crippen LogP contribution in [0.25, 0.3) is 0 Å². The van der Waals surface area contributed by atoms with E-state index >= 15 is 0 Å². The molecule has 0 bridgehead atoms. The SMILES string of the molecule is C[C@H]1[C@H](C)CCC[C@@H]1NC(=O)CN1C(=O)[C@@H]2CCCC[C@H]2C1=O. The van der Waals surface area contributed by atoms with Crippen LogP contribution >= 0.6 is 0 Å². The summed E-state index contributed by atoms with van der Waals surface area (Å²) in [6, 6.07) is 0.168. The van der Waals surface area contributed by atoms with E-state index in [9.17, 15) is 14.4 Å². The predicted octanol–water partition coefficient (Wildman–Crippen LogP) is 2.10. The van der Waals surface area contributed by atoms with Gasteiger partial charge in [0.05, 0.1) is 11.8 Å². The molecule has 5 heteroatoms. The molecule has 3 fully saturated rings. The number of rotatable bonds is 3. The first-order valence-corrected chi connectivity index (χ1v) is 9.13. The van der Waals surface area contributed by atoms with Gasteiger partial charge >= 0.3 is 0 Å². The standard InChI is InChI=1S/C18H28N2O3/c1-11-6-5-9-15(12(11)2)19-16(21)10-20-17(22)13-7-3-4-8-14(13)18(20)23/h11-15H,3-10H2,1-2H3,(H,19,21)/t11-,12+,13-,14-,15+/m1/s1. The molecule has 0 aromatic heterocycles. The van der Waals surface area contributed by atoms with Crippen molar-refractivity contribution in [2.75, 3.05) is 6.54 Å². The summed E-state index contributed by atoms with van der Waals surface area (Å²) in [6.45, 7) is 4.30. The lowest BCUT2D eigenvalue weighted by Crippen LogP contribution is -2.48. The van der Waals surface area contributed by atoms with Gasteiger partial charge in [-0.05, 0) is 31.1 Å². The largest absolute Gasteiger partial charge is 0.352 e. The fraction of sp³-hybridized carbons (Fsp3) is 0.833. The molecule has 2 aliphatic carbocycles. The van der Waals surface area contributed by atoms with Gasteiger partial charge in [-0.15, -0.1) is 0 Å². The fourth-order valence-corrected chi connectivity index (χ4v) is 4.57. The monoisotopic (exact) mass is 320 g/mol. The molecule has 5 atom stereocenters. The van der Waals surface area contributed by atoms with Crippen molar-refractivity contribution in [3.05, 3.63) is 0 Å². The fourth-order valence-electron chi connectivity index (χ4n) is 4.57. The third-order valence-electron chi connectivity index (χ3n) is 6.29. The van der Waals surface area contributed by atoms with Crippen LogP contribution in [0.2, 0.25) is 0 Å². The lowest BCUT2D eigenvalue weighted by atomic mass is 9.78. The van der Waals surface area contributed by atoms with Crippen molar-refractivity contribution in [3.8, 4) is 0 Å². The molecule has 1 aliphatic heterocycles. The van der Waals surface area contributed by atoms with Crippen LogP contribution in [0.3, 0.4) is 0 Å². The van der Waals surface area contributed by atoms with Crippen LogP contribution in [0.15, 0.2) is 0 Å². The zero-order valence-corrected chi connectivity index (χ0v) is 14.2. The van der Waals surface area contributed by atoms with Crippen molar-refractivity contribution in [1.82, 2.24) is 10.2 Å². The van der Waals surface area contributed by atoms with E-state index in [-0.39, 0.29) is 42.1 Å². The molecule has 0 spiro atoms. The summed E-state index contributed by atoms with van der Waals surface area (Å²) in [5.41, 5.74) is 0. The van der Waals surface area contributed by atoms with Crippen LogP contribution in [-0.4, -0.2) is 35.2 Å². The van der Waals surface area contributed by atoms with Crippen LogP contribution in [0, 0.1) is 23.7 Å². The number of imide groups is 1. The summed E-state index contributed by atoms with van der Waals surface area (Å²) in [4.78, 5) is 38.4. The van der Waals surface area contributed by atoms with Gasteiger partial charge in [0.15, 0.2) is 0 Å². The van der Waals surface area contributed by atoms with Gasteiger partial charge in [0.2, 0.25) is 17.7 Å². The van der Waals surface area contributed by atoms with Crippen LogP contribution in [0.5, 0.6) is 0 Å². The number of nitrogens with zero attached hydrogens (tertiary/aromatic N) is 1. The number of fused-ring (bicyclic) bond motifs is 1. The highest BCUT2D eigenvalue weighted by Gasteiger charge is 2.48. The third-order valence-corrected chi connectivity index (χ3v) is 6.29. The van der Waals surface area contributed by atoms with Crippen LogP contribution < -0.4 is 5.32 Å². The Morgan fingerprint density at radius 2 is 1.61 bits per heavy atom. The lowest BCUT2D eigenvalue weighted by molar-refractivity contribution is -0.144. The quantitative estimate of drug-likeness (QED) is 0.810. The highest BCUT2D eigenvalue weighted by Crippen LogP contribution is 2.38. The molecular formula is C18H28N2O3. The highest BCUT2D eigenvalue weighted by molar-refractivity contribution is 6.07. The first kappa shape index (κ1) is 16.5. The Kier molecular flexibility index (Phi) is 4.74. The summed E-state index contributed by atoms with van der Waals surface area (Å²) in [7, 11) is 0. The van der Waals surface area contributed by atoms with E-state index < -0.39 is 0 Å². The maximum absolute atomic E-state index is 12.4. The molecule has 1 heterocycles. The summed E-state index contributed by atoms with van der Waals surface area (Å²) in [5.74, 6) is 0.277. The molecule has 0 aromatic rings. The van der Waals surface area contributed by atoms with E-state index in [2.05, 4.69) is 19.2 Å². The van der Waals surface area contributed by atoms with E-state index in [0.717, 1.165) is 38.5 Å². The van der Waals surface area contributed by atoms with Gasteiger partial charge in [-0.2, -0.15) is 0 Å². The minimum absolute atomic E-state index is 0.0950. The summed E-state index contributed by atoms with van der Waals surface area (Å²) >= 11 is 0. The second-order valence-corrected chi connectivity index (χ2v) is 7.70. The predicted molar refractivity (Wildman–Crippen MR) is 86.3 cm³/mol. The van der Waals surface area contributed by atoms with Crippen molar-refractivity contribution >= 4 is 17.7 Å². The Morgan fingerprint density at radius 1 is 1.00 bits per heavy atom. The maximum Gasteiger partial charge on any atom is 0.240 e. The van der Waals surface area contributed by atoms with E-state index in [0.29, 0.717) is 11.8 Å². The smallest absolute Gasteiger partial charge is 0.240 e. The lowest BCUT2D eigenvalue weighted by Gasteiger charge is -2.34. The van der Waals surface area contributed by atoms with Crippen molar-refractivity contribution in [2.45, 2.75) is 64.8 Å². The topological polar surface area (TPSA) is 66.5 Å². The minimum atomic E-state index is -0.184. The van der Waals surface area contributed by atoms with E-state index in [4.69, 9.17) is 0 Å². The van der Waals surface area contributed by atoms with Crippen molar-refractivity contribution in [2.24, 2.45) is 23.7 Å². The highest BCUT2D eigenvalue weighted by atomic mass is 16.2. The number of carbonyl (C=O) groups excluding carboxylic acids is 3. The second-order valence-electron chi connectivity index (χ2n) is 7.70. The minimum Gasteiger partial charge on any atom is -0.352 e. The van der Waals surface area contributed by atoms with Crippen molar-refractivity contribution < 1.29 is 14.4 Å². The van der Waals surface area contributed by atoms with Gasteiger partial charge in [0.1, 0.15) is 6.54 Å². The number of amides is 3. The zero-order valence-electron chi connectivity index (χ0n) is 14.2. The number of nitrogens with one attached hydrogen (secondary N) is 1. The Bertz CT molecular complexity index is 480. The molecule has 2 saturated carbocycles. The number of carbonyl (C=O) groups is 3. The molecule has 5 nitrogen and oxygen atoms in total. The van der Waals surface area contributed by atoms with E-state index in [1.54, 1.807) is 0 Å². The van der Waals surface area contributed by atoms with Gasteiger partial charge in [-0.1, -0.05) is 39.5 Å². The molecule has 1 N–H and O–H groups in total. The van der Waals surface area contributed by atoms with Gasteiger partial charge in [-0.25, -0.2) is 0 Å². The van der Waals surface area contributed by atoms with Gasteiger partial charge in [0, 0.05) is 6.04 Å². The molecule has 3 rings (SSSR count). The molecule has 0 unspecified atom stereocenters. The molecule has 128 valence electrons. The van der Waals surface area contributed by atoms with E-state index in [1.165, 1.54) is 11.3 Å². The molecular weight excluding hydrogens is 292 g/mol. The normalized spacial score (nSPS) is 37.7. The van der Waals surface area contributed by atoms with Crippen molar-refractivity contribution in [1.29, 1.82) is 0 Å². The first-order valence-electron chi connectivity index (χ1n) is 9.13. The van der Waals surface area contributed by atoms with E-state index in [1.807, 2.05) is 0 Å². The summed E-state index contributed by atoms with van der Waals surface area (Å²) in [6.07, 6.45) is 6.94. The number of hydrogen-bond acceptors (Lipinski definition) is 3. The molecule has 0 aromatic carbocycles. The zero-order chi connectivity index (χ0) is 16.6. The first-order chi connectivity index (χ1) is 11.0. The van der Waals surface area contributed by atoms with Crippen LogP contribution in [0.1, 0.15) is 58.8 Å². The van der Waals surface area contributed by atoms with Crippen molar-refractivity contribution in [3.63, 3.8) is 0 Å². The van der Waals surface area contributed by atoms with Crippen LogP contribution in [0.4, 0.5) is 0 Å². The van der Waals surface area contributed by atoms with Gasteiger partial charge < -0.3 is 5.32 Å². The molecule has 1 saturated heterocycles. The molecule has 0 radical (unpaired) electrons. The Morgan fingerprint density at radius 3 is 2.22 bits per heavy atom. The molecule has 3 aliphatic rings. The second kappa shape index (κ2) is 6.62. The Balaban J connectivity index is 1.59. The summed E-state index contributed by atoms with van der Waals surface area (Å²) < 4.78 is 0.